The molecule has 0 saturated carbocycles. The van der Waals surface area contributed by atoms with Crippen LogP contribution in [0.4, 0.5) is 0 Å². The smallest absolute Gasteiger partial charge is 0.180 e. The molecule has 0 bridgehead atoms. The highest BCUT2D eigenvalue weighted by Crippen LogP contribution is 2.41. The van der Waals surface area contributed by atoms with Crippen LogP contribution in [0.1, 0.15) is 0 Å². The lowest BCUT2D eigenvalue weighted by Crippen LogP contribution is -2.00. The van der Waals surface area contributed by atoms with Gasteiger partial charge < -0.3 is 8.83 Å². The van der Waals surface area contributed by atoms with E-state index in [1.165, 1.54) is 20.2 Å². The largest absolute Gasteiger partial charge is 0.456 e. The zero-order valence-electron chi connectivity index (χ0n) is 30.0. The van der Waals surface area contributed by atoms with Crippen molar-refractivity contribution in [1.29, 1.82) is 0 Å². The van der Waals surface area contributed by atoms with Gasteiger partial charge in [0.15, 0.2) is 28.9 Å². The number of nitrogens with zero attached hydrogens (tertiary/aromatic N) is 5. The van der Waals surface area contributed by atoms with Gasteiger partial charge in [0.1, 0.15) is 28.0 Å². The third kappa shape index (κ3) is 5.15. The predicted octanol–water partition coefficient (Wildman–Crippen LogP) is 13.2. The molecular formula is C49H27N5O2S. The molecule has 12 aromatic rings. The minimum atomic E-state index is 0.557. The van der Waals surface area contributed by atoms with Crippen molar-refractivity contribution in [2.45, 2.75) is 0 Å². The summed E-state index contributed by atoms with van der Waals surface area (Å²) in [5, 5.41) is 5.17. The molecular weight excluding hydrogens is 723 g/mol. The summed E-state index contributed by atoms with van der Waals surface area (Å²) in [6.07, 6.45) is 0. The number of furan rings is 2. The summed E-state index contributed by atoms with van der Waals surface area (Å²) < 4.78 is 15.3. The number of hydrogen-bond donors (Lipinski definition) is 0. The maximum atomic E-state index is 6.50. The van der Waals surface area contributed by atoms with E-state index in [1.807, 2.05) is 109 Å². The summed E-state index contributed by atoms with van der Waals surface area (Å²) in [6.45, 7) is 0. The number of thiophene rings is 1. The van der Waals surface area contributed by atoms with Gasteiger partial charge in [-0.2, -0.15) is 0 Å². The van der Waals surface area contributed by atoms with Crippen molar-refractivity contribution in [3.05, 3.63) is 164 Å². The van der Waals surface area contributed by atoms with Crippen LogP contribution >= 0.6 is 11.3 Å². The van der Waals surface area contributed by atoms with Crippen molar-refractivity contribution in [1.82, 2.24) is 24.9 Å². The molecule has 0 amide bonds. The van der Waals surface area contributed by atoms with Crippen molar-refractivity contribution < 1.29 is 8.83 Å². The first-order valence-corrected chi connectivity index (χ1v) is 19.5. The highest BCUT2D eigenvalue weighted by Gasteiger charge is 2.21. The lowest BCUT2D eigenvalue weighted by atomic mass is 10.0. The molecule has 0 atom stereocenters. The van der Waals surface area contributed by atoms with Crippen molar-refractivity contribution in [2.75, 3.05) is 0 Å². The first-order valence-electron chi connectivity index (χ1n) is 18.7. The third-order valence-electron chi connectivity index (χ3n) is 10.6. The van der Waals surface area contributed by atoms with Crippen molar-refractivity contribution in [3.63, 3.8) is 0 Å². The third-order valence-corrected chi connectivity index (χ3v) is 11.7. The number of aromatic nitrogens is 5. The minimum absolute atomic E-state index is 0.557. The Morgan fingerprint density at radius 3 is 1.82 bits per heavy atom. The monoisotopic (exact) mass is 749 g/mol. The topological polar surface area (TPSA) is 90.7 Å². The van der Waals surface area contributed by atoms with Crippen LogP contribution < -0.4 is 0 Å². The molecule has 0 fully saturated rings. The molecule has 0 aliphatic rings. The van der Waals surface area contributed by atoms with Gasteiger partial charge in [0.25, 0.3) is 0 Å². The molecule has 0 saturated heterocycles. The van der Waals surface area contributed by atoms with Crippen LogP contribution in [-0.2, 0) is 0 Å². The Morgan fingerprint density at radius 1 is 0.368 bits per heavy atom. The van der Waals surface area contributed by atoms with E-state index in [0.717, 1.165) is 71.9 Å². The second-order valence-electron chi connectivity index (χ2n) is 14.0. The lowest BCUT2D eigenvalue weighted by molar-refractivity contribution is 0.667. The second kappa shape index (κ2) is 12.5. The summed E-state index contributed by atoms with van der Waals surface area (Å²) in [5.74, 6) is 2.34. The molecule has 7 aromatic carbocycles. The lowest BCUT2D eigenvalue weighted by Gasteiger charge is -2.10. The zero-order valence-corrected chi connectivity index (χ0v) is 30.9. The maximum absolute atomic E-state index is 6.50. The SMILES string of the molecule is c1ccc(-c2nc(-c3ccc4sc5ccccc5c4c3)nc(-c3cccc4oc5ccc(-c6nc(-c7ccccc7)c7oc8ccccc8c7n6)cc5c34)n2)cc1. The number of benzene rings is 7. The van der Waals surface area contributed by atoms with Gasteiger partial charge in [-0.05, 0) is 60.7 Å². The molecule has 5 heterocycles. The summed E-state index contributed by atoms with van der Waals surface area (Å²) >= 11 is 1.79. The van der Waals surface area contributed by atoms with Gasteiger partial charge in [0.2, 0.25) is 0 Å². The zero-order chi connectivity index (χ0) is 37.5. The first kappa shape index (κ1) is 31.8. The maximum Gasteiger partial charge on any atom is 0.180 e. The van der Waals surface area contributed by atoms with Gasteiger partial charge >= 0.3 is 0 Å². The molecule has 0 radical (unpaired) electrons. The van der Waals surface area contributed by atoms with Gasteiger partial charge in [-0.1, -0.05) is 103 Å². The normalized spacial score (nSPS) is 11.9. The number of rotatable bonds is 5. The van der Waals surface area contributed by atoms with Gasteiger partial charge in [0.05, 0.1) is 0 Å². The molecule has 0 aliphatic heterocycles. The number of fused-ring (bicyclic) bond motifs is 9. The van der Waals surface area contributed by atoms with Gasteiger partial charge in [-0.3, -0.25) is 0 Å². The Morgan fingerprint density at radius 2 is 0.982 bits per heavy atom. The van der Waals surface area contributed by atoms with Crippen LogP contribution in [0.3, 0.4) is 0 Å². The Kier molecular flexibility index (Phi) is 6.96. The highest BCUT2D eigenvalue weighted by atomic mass is 32.1. The second-order valence-corrected chi connectivity index (χ2v) is 15.1. The van der Waals surface area contributed by atoms with Gasteiger partial charge in [-0.15, -0.1) is 11.3 Å². The van der Waals surface area contributed by atoms with E-state index in [2.05, 4.69) is 54.6 Å². The Labute approximate surface area is 328 Å². The Bertz CT molecular complexity index is 3540. The van der Waals surface area contributed by atoms with Crippen molar-refractivity contribution in [2.24, 2.45) is 0 Å². The number of hydrogen-bond acceptors (Lipinski definition) is 8. The molecule has 5 aromatic heterocycles. The van der Waals surface area contributed by atoms with E-state index >= 15 is 0 Å². The van der Waals surface area contributed by atoms with E-state index in [-0.39, 0.29) is 0 Å². The van der Waals surface area contributed by atoms with E-state index in [0.29, 0.717) is 28.9 Å². The minimum Gasteiger partial charge on any atom is -0.456 e. The van der Waals surface area contributed by atoms with E-state index in [1.54, 1.807) is 11.3 Å². The predicted molar refractivity (Wildman–Crippen MR) is 230 cm³/mol. The van der Waals surface area contributed by atoms with Crippen molar-refractivity contribution in [3.8, 4) is 56.8 Å². The number of para-hydroxylation sites is 1. The van der Waals surface area contributed by atoms with Crippen LogP contribution in [0.15, 0.2) is 173 Å². The van der Waals surface area contributed by atoms with E-state index in [9.17, 15) is 0 Å². The average Bonchev–Trinajstić information content (AvgIpc) is 3.97. The molecule has 0 N–H and O–H groups in total. The fourth-order valence-corrected chi connectivity index (χ4v) is 8.96. The van der Waals surface area contributed by atoms with Crippen LogP contribution in [0, 0.1) is 0 Å². The van der Waals surface area contributed by atoms with Crippen LogP contribution in [-0.4, -0.2) is 24.9 Å². The fourth-order valence-electron chi connectivity index (χ4n) is 7.87. The molecule has 7 nitrogen and oxygen atoms in total. The fraction of sp³-hybridized carbons (Fsp3) is 0. The van der Waals surface area contributed by atoms with Crippen LogP contribution in [0.25, 0.3) is 121 Å². The van der Waals surface area contributed by atoms with E-state index < -0.39 is 0 Å². The molecule has 0 unspecified atom stereocenters. The molecule has 0 aliphatic carbocycles. The molecule has 266 valence electrons. The first-order chi connectivity index (χ1) is 28.2. The van der Waals surface area contributed by atoms with Crippen LogP contribution in [0.5, 0.6) is 0 Å². The van der Waals surface area contributed by atoms with Gasteiger partial charge in [0, 0.05) is 64.1 Å². The highest BCUT2D eigenvalue weighted by molar-refractivity contribution is 7.25. The summed E-state index contributed by atoms with van der Waals surface area (Å²) in [7, 11) is 0. The van der Waals surface area contributed by atoms with Crippen LogP contribution in [0.2, 0.25) is 0 Å². The Balaban J connectivity index is 1.07. The van der Waals surface area contributed by atoms with E-state index in [4.69, 9.17) is 33.8 Å². The quantitative estimate of drug-likeness (QED) is 0.173. The summed E-state index contributed by atoms with van der Waals surface area (Å²) in [6, 6.07) is 55.3. The summed E-state index contributed by atoms with van der Waals surface area (Å²) in [5.41, 5.74) is 8.89. The van der Waals surface area contributed by atoms with Crippen molar-refractivity contribution >= 4 is 75.5 Å². The molecule has 0 spiro atoms. The molecule has 57 heavy (non-hydrogen) atoms. The Hall–Kier alpha value is -7.55. The molecule has 12 rings (SSSR count). The average molecular weight is 750 g/mol. The molecule has 8 heteroatoms. The van der Waals surface area contributed by atoms with Gasteiger partial charge in [-0.25, -0.2) is 24.9 Å². The summed E-state index contributed by atoms with van der Waals surface area (Å²) in [4.78, 5) is 25.7. The standard InChI is InChI=1S/C49H27N5O2S/c1-3-12-28(13-4-1)43-45-44(33-17-7-9-19-37(33)56-45)51-47(50-43)30-22-24-38-36(27-30)42-34(18-11-20-39(42)55-38)49-53-46(29-14-5-2-6-15-29)52-48(54-49)31-23-25-41-35(26-31)32-16-8-10-21-40(32)57-41/h1-27H.